The molecule has 0 N–H and O–H groups in total. The van der Waals surface area contributed by atoms with Crippen molar-refractivity contribution < 1.29 is 33.3 Å². The molecule has 0 aromatic carbocycles. The van der Waals surface area contributed by atoms with Gasteiger partial charge in [-0.3, -0.25) is 9.59 Å². The first-order valence-electron chi connectivity index (χ1n) is 18.8. The molecule has 0 heterocycles. The third kappa shape index (κ3) is 10.5. The Labute approximate surface area is 287 Å². The molecule has 3 unspecified atom stereocenters. The van der Waals surface area contributed by atoms with Crippen molar-refractivity contribution in [2.45, 2.75) is 138 Å². The molecule has 0 aliphatic heterocycles. The van der Waals surface area contributed by atoms with Crippen molar-refractivity contribution in [1.29, 1.82) is 0 Å². The minimum absolute atomic E-state index is 0. The van der Waals surface area contributed by atoms with Crippen molar-refractivity contribution in [3.05, 3.63) is 11.6 Å². The van der Waals surface area contributed by atoms with Gasteiger partial charge in [-0.1, -0.05) is 73.0 Å². The zero-order chi connectivity index (χ0) is 33.2. The maximum atomic E-state index is 12.7. The number of methoxy groups -OCH3 is 1. The number of allylic oxidation sites excluding steroid dienone is 1. The van der Waals surface area contributed by atoms with E-state index in [2.05, 4.69) is 40.7 Å². The van der Waals surface area contributed by atoms with Crippen molar-refractivity contribution in [1.82, 2.24) is 0 Å². The van der Waals surface area contributed by atoms with Crippen LogP contribution in [-0.4, -0.2) is 64.8 Å². The Bertz CT molecular complexity index is 993. The molecule has 0 radical (unpaired) electrons. The van der Waals surface area contributed by atoms with Crippen LogP contribution >= 0.6 is 0 Å². The molecule has 3 fully saturated rings. The first-order chi connectivity index (χ1) is 22.1. The minimum Gasteiger partial charge on any atom is -0.466 e. The van der Waals surface area contributed by atoms with Gasteiger partial charge in [0.1, 0.15) is 6.10 Å². The van der Waals surface area contributed by atoms with E-state index in [1.54, 1.807) is 7.11 Å². The average molecular weight is 663 g/mol. The van der Waals surface area contributed by atoms with E-state index in [1.165, 1.54) is 56.9 Å². The molecule has 272 valence electrons. The van der Waals surface area contributed by atoms with E-state index >= 15 is 0 Å². The lowest BCUT2D eigenvalue weighted by Crippen LogP contribution is -2.51. The summed E-state index contributed by atoms with van der Waals surface area (Å²) < 4.78 is 26.9. The molecular weight excluding hydrogens is 592 g/mol. The molecule has 0 spiro atoms. The fraction of sp³-hybridized carbons (Fsp3) is 0.900. The Hall–Kier alpha value is -1.44. The van der Waals surface area contributed by atoms with E-state index in [-0.39, 0.29) is 50.3 Å². The summed E-state index contributed by atoms with van der Waals surface area (Å²) in [6.07, 6.45) is 17.0. The van der Waals surface area contributed by atoms with E-state index < -0.39 is 0 Å². The van der Waals surface area contributed by atoms with Gasteiger partial charge >= 0.3 is 11.9 Å². The molecule has 4 rings (SSSR count). The zero-order valence-corrected chi connectivity index (χ0v) is 30.1. The van der Waals surface area contributed by atoms with Crippen LogP contribution in [0.25, 0.3) is 0 Å². The second kappa shape index (κ2) is 19.1. The summed E-state index contributed by atoms with van der Waals surface area (Å²) in [5.41, 5.74) is 2.26. The van der Waals surface area contributed by atoms with Gasteiger partial charge in [0.05, 0.1) is 45.9 Å². The highest BCUT2D eigenvalue weighted by Gasteiger charge is 2.59. The fourth-order valence-corrected chi connectivity index (χ4v) is 10.1. The topological polar surface area (TPSA) is 80.3 Å². The molecule has 4 aliphatic rings. The average Bonchev–Trinajstić information content (AvgIpc) is 3.38. The third-order valence-electron chi connectivity index (χ3n) is 12.6. The normalized spacial score (nSPS) is 32.0. The third-order valence-corrected chi connectivity index (χ3v) is 12.6. The molecule has 0 bridgehead atoms. The second-order valence-corrected chi connectivity index (χ2v) is 15.9. The quantitative estimate of drug-likeness (QED) is 0.0776. The van der Waals surface area contributed by atoms with Gasteiger partial charge in [0.25, 0.3) is 0 Å². The molecule has 0 aromatic rings. The number of rotatable bonds is 19. The van der Waals surface area contributed by atoms with Gasteiger partial charge in [-0.2, -0.15) is 0 Å². The summed E-state index contributed by atoms with van der Waals surface area (Å²) in [6, 6.07) is 0. The molecule has 0 saturated heterocycles. The molecule has 0 aromatic heterocycles. The summed E-state index contributed by atoms with van der Waals surface area (Å²) in [5, 5.41) is 0. The Morgan fingerprint density at radius 3 is 2.30 bits per heavy atom. The van der Waals surface area contributed by atoms with E-state index in [1.807, 2.05) is 0 Å². The first-order valence-corrected chi connectivity index (χ1v) is 18.8. The van der Waals surface area contributed by atoms with E-state index in [0.29, 0.717) is 44.9 Å². The summed E-state index contributed by atoms with van der Waals surface area (Å²) in [7, 11) is 1.64. The van der Waals surface area contributed by atoms with Crippen LogP contribution in [0.1, 0.15) is 132 Å². The van der Waals surface area contributed by atoms with Crippen LogP contribution < -0.4 is 0 Å². The standard InChI is InChI=1S/C39H66O7.CH4/c1-28(2)9-7-10-29(3)33-13-14-34-32-12-11-30-27-31(17-19-38(30,4)35(32)18-20-39(33,34)5)46-37(41)16-15-36(40)45-22-8-21-43-25-26-44-24-23-42-6;/h11,28-29,31-35H,7-10,12-27H2,1-6H3;1H4/t29-,31+,32?,33-,34?,35?,38+,39-;/m1./s1. The highest BCUT2D eigenvalue weighted by Crippen LogP contribution is 2.67. The summed E-state index contributed by atoms with van der Waals surface area (Å²) in [6.45, 7) is 15.4. The minimum atomic E-state index is -0.361. The summed E-state index contributed by atoms with van der Waals surface area (Å²) >= 11 is 0. The van der Waals surface area contributed by atoms with Gasteiger partial charge in [0.15, 0.2) is 0 Å². The number of hydrogen-bond donors (Lipinski definition) is 0. The van der Waals surface area contributed by atoms with Crippen molar-refractivity contribution in [3.63, 3.8) is 0 Å². The number of esters is 2. The molecule has 3 saturated carbocycles. The lowest BCUT2D eigenvalue weighted by Gasteiger charge is -2.58. The zero-order valence-electron chi connectivity index (χ0n) is 30.1. The molecular formula is C40H70O7. The number of carbonyl (C=O) groups is 2. The van der Waals surface area contributed by atoms with Crippen LogP contribution in [0.2, 0.25) is 0 Å². The van der Waals surface area contributed by atoms with Crippen LogP contribution in [0.5, 0.6) is 0 Å². The maximum Gasteiger partial charge on any atom is 0.306 e. The van der Waals surface area contributed by atoms with E-state index in [0.717, 1.165) is 54.8 Å². The molecule has 7 nitrogen and oxygen atoms in total. The van der Waals surface area contributed by atoms with Crippen LogP contribution in [0.3, 0.4) is 0 Å². The van der Waals surface area contributed by atoms with Gasteiger partial charge in [0.2, 0.25) is 0 Å². The van der Waals surface area contributed by atoms with Crippen LogP contribution in [0.4, 0.5) is 0 Å². The maximum absolute atomic E-state index is 12.7. The summed E-state index contributed by atoms with van der Waals surface area (Å²) in [5.74, 6) is 4.30. The molecule has 47 heavy (non-hydrogen) atoms. The first kappa shape index (κ1) is 40.0. The number of ether oxygens (including phenoxy) is 5. The monoisotopic (exact) mass is 663 g/mol. The van der Waals surface area contributed by atoms with Crippen LogP contribution in [0.15, 0.2) is 11.6 Å². The largest absolute Gasteiger partial charge is 0.466 e. The predicted molar refractivity (Wildman–Crippen MR) is 188 cm³/mol. The second-order valence-electron chi connectivity index (χ2n) is 15.9. The number of carbonyl (C=O) groups excluding carboxylic acids is 2. The Kier molecular flexibility index (Phi) is 16.2. The smallest absolute Gasteiger partial charge is 0.306 e. The predicted octanol–water partition coefficient (Wildman–Crippen LogP) is 8.97. The highest BCUT2D eigenvalue weighted by molar-refractivity contribution is 5.77. The number of fused-ring (bicyclic) bond motifs is 5. The van der Waals surface area contributed by atoms with Gasteiger partial charge in [0, 0.05) is 26.6 Å². The lowest BCUT2D eigenvalue weighted by molar-refractivity contribution is -0.155. The fourth-order valence-electron chi connectivity index (χ4n) is 10.1. The molecule has 8 atom stereocenters. The number of hydrogen-bond acceptors (Lipinski definition) is 7. The van der Waals surface area contributed by atoms with Crippen molar-refractivity contribution in [3.8, 4) is 0 Å². The van der Waals surface area contributed by atoms with E-state index in [9.17, 15) is 9.59 Å². The Balaban J connectivity index is 0.00000600. The van der Waals surface area contributed by atoms with Gasteiger partial charge in [-0.15, -0.1) is 0 Å². The van der Waals surface area contributed by atoms with E-state index in [4.69, 9.17) is 23.7 Å². The highest BCUT2D eigenvalue weighted by atomic mass is 16.6. The summed E-state index contributed by atoms with van der Waals surface area (Å²) in [4.78, 5) is 24.8. The van der Waals surface area contributed by atoms with Crippen molar-refractivity contribution in [2.24, 2.45) is 46.3 Å². The van der Waals surface area contributed by atoms with Gasteiger partial charge < -0.3 is 23.7 Å². The SMILES string of the molecule is C.COCCOCCOCCCOC(=O)CCC(=O)O[C@H]1CC[C@@]2(C)C(=CCC3C2CC[C@@]2(C)C3CC[C@@H]2[C@H](C)CCCC(C)C)C1. The van der Waals surface area contributed by atoms with Crippen molar-refractivity contribution in [2.75, 3.05) is 46.8 Å². The lowest BCUT2D eigenvalue weighted by atomic mass is 9.47. The van der Waals surface area contributed by atoms with Gasteiger partial charge in [-0.25, -0.2) is 0 Å². The van der Waals surface area contributed by atoms with Crippen LogP contribution in [0, 0.1) is 46.3 Å². The van der Waals surface area contributed by atoms with Crippen molar-refractivity contribution >= 4 is 11.9 Å². The Morgan fingerprint density at radius 1 is 0.830 bits per heavy atom. The van der Waals surface area contributed by atoms with Gasteiger partial charge in [-0.05, 0) is 91.3 Å². The Morgan fingerprint density at radius 2 is 1.55 bits per heavy atom. The van der Waals surface area contributed by atoms with Crippen LogP contribution in [-0.2, 0) is 33.3 Å². The molecule has 4 aliphatic carbocycles. The molecule has 7 heteroatoms. The molecule has 0 amide bonds.